The number of nitrogens with zero attached hydrogens (tertiary/aromatic N) is 1. The molecule has 2 aromatic rings. The summed E-state index contributed by atoms with van der Waals surface area (Å²) >= 11 is 0. The van der Waals surface area contributed by atoms with Crippen LogP contribution in [0.3, 0.4) is 0 Å². The van der Waals surface area contributed by atoms with E-state index in [9.17, 15) is 14.4 Å². The SMILES string of the molecule is COc1cccc(N2C(=O)NC(=O)C(=Cc3ccco3)C2=O)c1. The predicted octanol–water partition coefficient (Wildman–Crippen LogP) is 1.95. The van der Waals surface area contributed by atoms with E-state index < -0.39 is 17.8 Å². The van der Waals surface area contributed by atoms with Crippen molar-refractivity contribution < 1.29 is 23.5 Å². The molecule has 1 saturated heterocycles. The fourth-order valence-corrected chi connectivity index (χ4v) is 2.16. The van der Waals surface area contributed by atoms with E-state index in [1.165, 1.54) is 25.5 Å². The zero-order chi connectivity index (χ0) is 16.4. The monoisotopic (exact) mass is 312 g/mol. The normalized spacial score (nSPS) is 16.7. The molecule has 0 atom stereocenters. The summed E-state index contributed by atoms with van der Waals surface area (Å²) in [6, 6.07) is 8.83. The van der Waals surface area contributed by atoms with Gasteiger partial charge < -0.3 is 9.15 Å². The van der Waals surface area contributed by atoms with Gasteiger partial charge in [-0.2, -0.15) is 0 Å². The standard InChI is InChI=1S/C16H12N2O5/c1-22-11-5-2-4-10(8-11)18-15(20)13(14(19)17-16(18)21)9-12-6-3-7-23-12/h2-9H,1H3,(H,17,19,21). The molecular weight excluding hydrogens is 300 g/mol. The number of methoxy groups -OCH3 is 1. The van der Waals surface area contributed by atoms with E-state index in [0.717, 1.165) is 4.90 Å². The molecule has 1 aliphatic rings. The summed E-state index contributed by atoms with van der Waals surface area (Å²) in [5.74, 6) is -0.682. The Bertz CT molecular complexity index is 808. The number of urea groups is 1. The first-order valence-corrected chi connectivity index (χ1v) is 6.69. The van der Waals surface area contributed by atoms with E-state index in [-0.39, 0.29) is 5.57 Å². The van der Waals surface area contributed by atoms with E-state index in [0.29, 0.717) is 17.2 Å². The molecule has 1 aliphatic heterocycles. The maximum absolute atomic E-state index is 12.6. The molecule has 3 rings (SSSR count). The van der Waals surface area contributed by atoms with Gasteiger partial charge in [0.2, 0.25) is 0 Å². The van der Waals surface area contributed by atoms with Crippen LogP contribution in [0.2, 0.25) is 0 Å². The molecule has 7 nitrogen and oxygen atoms in total. The first kappa shape index (κ1) is 14.6. The lowest BCUT2D eigenvalue weighted by atomic mass is 10.1. The fourth-order valence-electron chi connectivity index (χ4n) is 2.16. The lowest BCUT2D eigenvalue weighted by molar-refractivity contribution is -0.122. The van der Waals surface area contributed by atoms with Gasteiger partial charge in [0.25, 0.3) is 11.8 Å². The number of benzene rings is 1. The van der Waals surface area contributed by atoms with Crippen LogP contribution < -0.4 is 15.0 Å². The van der Waals surface area contributed by atoms with Crippen molar-refractivity contribution in [2.24, 2.45) is 0 Å². The molecule has 23 heavy (non-hydrogen) atoms. The average molecular weight is 312 g/mol. The molecule has 0 aliphatic carbocycles. The second-order valence-corrected chi connectivity index (χ2v) is 4.67. The largest absolute Gasteiger partial charge is 0.497 e. The van der Waals surface area contributed by atoms with Crippen molar-refractivity contribution in [3.8, 4) is 5.75 Å². The van der Waals surface area contributed by atoms with Gasteiger partial charge >= 0.3 is 6.03 Å². The number of nitrogens with one attached hydrogen (secondary N) is 1. The smallest absolute Gasteiger partial charge is 0.335 e. The number of anilines is 1. The lowest BCUT2D eigenvalue weighted by Crippen LogP contribution is -2.54. The molecule has 0 unspecified atom stereocenters. The Labute approximate surface area is 131 Å². The Hall–Kier alpha value is -3.35. The Kier molecular flexibility index (Phi) is 3.68. The fraction of sp³-hybridized carbons (Fsp3) is 0.0625. The maximum atomic E-state index is 12.6. The molecule has 1 aromatic carbocycles. The maximum Gasteiger partial charge on any atom is 0.335 e. The van der Waals surface area contributed by atoms with E-state index in [4.69, 9.17) is 9.15 Å². The van der Waals surface area contributed by atoms with Crippen molar-refractivity contribution in [3.05, 3.63) is 54.0 Å². The number of barbiturate groups is 1. The summed E-state index contributed by atoms with van der Waals surface area (Å²) < 4.78 is 10.2. The van der Waals surface area contributed by atoms with Crippen LogP contribution in [-0.4, -0.2) is 25.0 Å². The van der Waals surface area contributed by atoms with Crippen LogP contribution >= 0.6 is 0 Å². The summed E-state index contributed by atoms with van der Waals surface area (Å²) in [5, 5.41) is 2.13. The minimum atomic E-state index is -0.815. The quantitative estimate of drug-likeness (QED) is 0.691. The number of imide groups is 2. The number of carbonyl (C=O) groups is 3. The molecule has 0 spiro atoms. The molecule has 1 aromatic heterocycles. The van der Waals surface area contributed by atoms with Gasteiger partial charge in [0, 0.05) is 6.07 Å². The minimum absolute atomic E-state index is 0.192. The molecule has 116 valence electrons. The van der Waals surface area contributed by atoms with Crippen molar-refractivity contribution in [1.82, 2.24) is 5.32 Å². The summed E-state index contributed by atoms with van der Waals surface area (Å²) in [6.07, 6.45) is 2.71. The first-order valence-electron chi connectivity index (χ1n) is 6.69. The number of hydrogen-bond acceptors (Lipinski definition) is 5. The number of amides is 4. The van der Waals surface area contributed by atoms with Gasteiger partial charge in [-0.25, -0.2) is 9.69 Å². The van der Waals surface area contributed by atoms with Gasteiger partial charge in [-0.1, -0.05) is 6.07 Å². The molecule has 1 N–H and O–H groups in total. The molecule has 2 heterocycles. The zero-order valence-corrected chi connectivity index (χ0v) is 12.1. The zero-order valence-electron chi connectivity index (χ0n) is 12.1. The second-order valence-electron chi connectivity index (χ2n) is 4.67. The van der Waals surface area contributed by atoms with Crippen molar-refractivity contribution in [2.75, 3.05) is 12.0 Å². The number of rotatable bonds is 3. The van der Waals surface area contributed by atoms with E-state index in [1.54, 1.807) is 30.3 Å². The highest BCUT2D eigenvalue weighted by Crippen LogP contribution is 2.25. The van der Waals surface area contributed by atoms with Crippen molar-refractivity contribution in [2.45, 2.75) is 0 Å². The lowest BCUT2D eigenvalue weighted by Gasteiger charge is -2.26. The van der Waals surface area contributed by atoms with Gasteiger partial charge in [-0.05, 0) is 30.3 Å². The molecule has 4 amide bonds. The van der Waals surface area contributed by atoms with E-state index in [2.05, 4.69) is 5.32 Å². The van der Waals surface area contributed by atoms with Crippen LogP contribution in [0.5, 0.6) is 5.75 Å². The summed E-state index contributed by atoms with van der Waals surface area (Å²) in [4.78, 5) is 37.4. The van der Waals surface area contributed by atoms with Crippen LogP contribution in [0.1, 0.15) is 5.76 Å². The molecule has 0 saturated carbocycles. The molecule has 0 radical (unpaired) electrons. The highest BCUT2D eigenvalue weighted by molar-refractivity contribution is 6.39. The molecular formula is C16H12N2O5. The number of hydrogen-bond donors (Lipinski definition) is 1. The van der Waals surface area contributed by atoms with Crippen molar-refractivity contribution >= 4 is 29.6 Å². The Morgan fingerprint density at radius 1 is 1.17 bits per heavy atom. The Balaban J connectivity index is 2.01. The number of ether oxygens (including phenoxy) is 1. The van der Waals surface area contributed by atoms with E-state index >= 15 is 0 Å². The minimum Gasteiger partial charge on any atom is -0.497 e. The van der Waals surface area contributed by atoms with Gasteiger partial charge in [-0.15, -0.1) is 0 Å². The third-order valence-corrected chi connectivity index (χ3v) is 3.24. The van der Waals surface area contributed by atoms with Crippen molar-refractivity contribution in [1.29, 1.82) is 0 Å². The first-order chi connectivity index (χ1) is 11.1. The average Bonchev–Trinajstić information content (AvgIpc) is 3.04. The Morgan fingerprint density at radius 3 is 2.70 bits per heavy atom. The number of carbonyl (C=O) groups excluding carboxylic acids is 3. The van der Waals surface area contributed by atoms with Crippen LogP contribution in [0.4, 0.5) is 10.5 Å². The molecule has 7 heteroatoms. The third-order valence-electron chi connectivity index (χ3n) is 3.24. The van der Waals surface area contributed by atoms with Crippen LogP contribution in [0.25, 0.3) is 6.08 Å². The van der Waals surface area contributed by atoms with Crippen LogP contribution in [0.15, 0.2) is 52.7 Å². The third kappa shape index (κ3) is 2.71. The highest BCUT2D eigenvalue weighted by Gasteiger charge is 2.37. The Morgan fingerprint density at radius 2 is 2.00 bits per heavy atom. The predicted molar refractivity (Wildman–Crippen MR) is 80.7 cm³/mol. The van der Waals surface area contributed by atoms with Gasteiger partial charge in [-0.3, -0.25) is 14.9 Å². The van der Waals surface area contributed by atoms with Crippen LogP contribution in [0, 0.1) is 0 Å². The highest BCUT2D eigenvalue weighted by atomic mass is 16.5. The number of furan rings is 1. The van der Waals surface area contributed by atoms with Gasteiger partial charge in [0.05, 0.1) is 19.1 Å². The topological polar surface area (TPSA) is 88.8 Å². The molecule has 0 bridgehead atoms. The summed E-state index contributed by atoms with van der Waals surface area (Å²) in [5.41, 5.74) is 0.104. The van der Waals surface area contributed by atoms with Gasteiger partial charge in [0.1, 0.15) is 17.1 Å². The molecule has 1 fully saturated rings. The second kappa shape index (κ2) is 5.80. The van der Waals surface area contributed by atoms with Gasteiger partial charge in [0.15, 0.2) is 0 Å². The summed E-state index contributed by atoms with van der Waals surface area (Å²) in [6.45, 7) is 0. The van der Waals surface area contributed by atoms with Crippen molar-refractivity contribution in [3.63, 3.8) is 0 Å². The summed E-state index contributed by atoms with van der Waals surface area (Å²) in [7, 11) is 1.48. The van der Waals surface area contributed by atoms with E-state index in [1.807, 2.05) is 0 Å². The van der Waals surface area contributed by atoms with Crippen LogP contribution in [-0.2, 0) is 9.59 Å².